The lowest BCUT2D eigenvalue weighted by molar-refractivity contribution is 0.0158. The van der Waals surface area contributed by atoms with Gasteiger partial charge in [0.25, 0.3) is 0 Å². The number of anilines is 2. The molecule has 0 amide bonds. The van der Waals surface area contributed by atoms with Crippen molar-refractivity contribution in [1.29, 1.82) is 0 Å². The molecule has 1 fully saturated rings. The summed E-state index contributed by atoms with van der Waals surface area (Å²) in [5.41, 5.74) is 6.98. The molecule has 21 heavy (non-hydrogen) atoms. The monoisotopic (exact) mass is 294 g/mol. The van der Waals surface area contributed by atoms with Crippen molar-refractivity contribution in [3.05, 3.63) is 11.4 Å². The van der Waals surface area contributed by atoms with E-state index in [0.717, 1.165) is 56.0 Å². The number of nitrogens with zero attached hydrogens (tertiary/aromatic N) is 3. The molecule has 1 aliphatic heterocycles. The molecule has 0 unspecified atom stereocenters. The highest BCUT2D eigenvalue weighted by molar-refractivity contribution is 5.56. The van der Waals surface area contributed by atoms with Gasteiger partial charge in [0.1, 0.15) is 17.5 Å². The highest BCUT2D eigenvalue weighted by Gasteiger charge is 2.23. The van der Waals surface area contributed by atoms with Gasteiger partial charge in [-0.2, -0.15) is 0 Å². The molecule has 118 valence electrons. The first-order chi connectivity index (χ1) is 10.2. The molecule has 0 aliphatic carbocycles. The largest absolute Gasteiger partial charge is 0.394 e. The third-order valence-electron chi connectivity index (χ3n) is 3.86. The zero-order valence-corrected chi connectivity index (χ0v) is 13.0. The number of nitrogens with two attached hydrogens (primary N) is 1. The number of aromatic nitrogens is 2. The van der Waals surface area contributed by atoms with Crippen molar-refractivity contribution >= 4 is 11.6 Å². The maximum Gasteiger partial charge on any atom is 0.137 e. The molecule has 0 bridgehead atoms. The number of nitrogen functional groups attached to an aromatic ring is 1. The molecule has 0 spiro atoms. The highest BCUT2D eigenvalue weighted by atomic mass is 16.5. The Labute approximate surface area is 126 Å². The smallest absolute Gasteiger partial charge is 0.137 e. The number of hydrogen-bond acceptors (Lipinski definition) is 6. The molecule has 0 atom stereocenters. The number of ether oxygens (including phenoxy) is 1. The lowest BCUT2D eigenvalue weighted by Crippen LogP contribution is -2.38. The minimum Gasteiger partial charge on any atom is -0.394 e. The third kappa shape index (κ3) is 4.04. The summed E-state index contributed by atoms with van der Waals surface area (Å²) >= 11 is 0. The van der Waals surface area contributed by atoms with Gasteiger partial charge < -0.3 is 20.5 Å². The van der Waals surface area contributed by atoms with E-state index in [2.05, 4.69) is 21.8 Å². The van der Waals surface area contributed by atoms with Crippen molar-refractivity contribution in [2.45, 2.75) is 45.6 Å². The minimum absolute atomic E-state index is 0.0855. The molecule has 0 saturated carbocycles. The Hall–Kier alpha value is -1.40. The van der Waals surface area contributed by atoms with Crippen molar-refractivity contribution in [3.8, 4) is 0 Å². The van der Waals surface area contributed by atoms with E-state index in [1.807, 2.05) is 6.92 Å². The van der Waals surface area contributed by atoms with Crippen LogP contribution in [0.25, 0.3) is 0 Å². The SMILES string of the molecule is CCCc1nc(N)c(C)c(N2CCC(OCCO)CC2)n1. The van der Waals surface area contributed by atoms with E-state index in [1.54, 1.807) is 0 Å². The van der Waals surface area contributed by atoms with Crippen molar-refractivity contribution in [3.63, 3.8) is 0 Å². The van der Waals surface area contributed by atoms with Crippen LogP contribution in [0.1, 0.15) is 37.6 Å². The Balaban J connectivity index is 2.05. The van der Waals surface area contributed by atoms with E-state index in [9.17, 15) is 0 Å². The van der Waals surface area contributed by atoms with E-state index < -0.39 is 0 Å². The molecule has 1 saturated heterocycles. The number of aryl methyl sites for hydroxylation is 1. The fourth-order valence-corrected chi connectivity index (χ4v) is 2.67. The fourth-order valence-electron chi connectivity index (χ4n) is 2.67. The van der Waals surface area contributed by atoms with Crippen molar-refractivity contribution in [1.82, 2.24) is 9.97 Å². The van der Waals surface area contributed by atoms with E-state index in [1.165, 1.54) is 0 Å². The second kappa shape index (κ2) is 7.56. The van der Waals surface area contributed by atoms with Gasteiger partial charge in [-0.15, -0.1) is 0 Å². The van der Waals surface area contributed by atoms with Crippen LogP contribution in [0.5, 0.6) is 0 Å². The van der Waals surface area contributed by atoms with Gasteiger partial charge in [0, 0.05) is 25.1 Å². The summed E-state index contributed by atoms with van der Waals surface area (Å²) in [5.74, 6) is 2.38. The van der Waals surface area contributed by atoms with E-state index in [0.29, 0.717) is 12.4 Å². The molecule has 1 aromatic heterocycles. The van der Waals surface area contributed by atoms with Gasteiger partial charge in [0.05, 0.1) is 19.3 Å². The molecule has 6 nitrogen and oxygen atoms in total. The Morgan fingerprint density at radius 3 is 2.67 bits per heavy atom. The van der Waals surface area contributed by atoms with Crippen LogP contribution < -0.4 is 10.6 Å². The number of aliphatic hydroxyl groups excluding tert-OH is 1. The summed E-state index contributed by atoms with van der Waals surface area (Å²) in [5, 5.41) is 8.81. The van der Waals surface area contributed by atoms with Crippen LogP contribution in [0.3, 0.4) is 0 Å². The van der Waals surface area contributed by atoms with Gasteiger partial charge in [-0.05, 0) is 26.2 Å². The highest BCUT2D eigenvalue weighted by Crippen LogP contribution is 2.25. The van der Waals surface area contributed by atoms with E-state index in [-0.39, 0.29) is 12.7 Å². The average molecular weight is 294 g/mol. The first-order valence-electron chi connectivity index (χ1n) is 7.76. The van der Waals surface area contributed by atoms with Crippen molar-refractivity contribution in [2.24, 2.45) is 0 Å². The topological polar surface area (TPSA) is 84.5 Å². The summed E-state index contributed by atoms with van der Waals surface area (Å²) in [6.07, 6.45) is 4.01. The second-order valence-corrected chi connectivity index (χ2v) is 5.50. The predicted molar refractivity (Wildman–Crippen MR) is 83.4 cm³/mol. The minimum atomic E-state index is 0.0855. The first-order valence-corrected chi connectivity index (χ1v) is 7.76. The van der Waals surface area contributed by atoms with Gasteiger partial charge >= 0.3 is 0 Å². The second-order valence-electron chi connectivity index (χ2n) is 5.50. The van der Waals surface area contributed by atoms with Gasteiger partial charge in [0.2, 0.25) is 0 Å². The van der Waals surface area contributed by atoms with Gasteiger partial charge in [-0.1, -0.05) is 6.92 Å². The molecule has 2 rings (SSSR count). The maximum absolute atomic E-state index is 8.81. The molecule has 3 N–H and O–H groups in total. The average Bonchev–Trinajstić information content (AvgIpc) is 2.49. The Morgan fingerprint density at radius 2 is 2.05 bits per heavy atom. The Kier molecular flexibility index (Phi) is 5.76. The molecule has 6 heteroatoms. The van der Waals surface area contributed by atoms with Crippen LogP contribution in [0.4, 0.5) is 11.6 Å². The van der Waals surface area contributed by atoms with Crippen LogP contribution in [0.15, 0.2) is 0 Å². The van der Waals surface area contributed by atoms with E-state index >= 15 is 0 Å². The zero-order valence-electron chi connectivity index (χ0n) is 13.0. The maximum atomic E-state index is 8.81. The van der Waals surface area contributed by atoms with Crippen LogP contribution in [0, 0.1) is 6.92 Å². The van der Waals surface area contributed by atoms with Crippen LogP contribution in [0.2, 0.25) is 0 Å². The molecule has 0 radical (unpaired) electrons. The summed E-state index contributed by atoms with van der Waals surface area (Å²) in [6.45, 7) is 6.41. The number of aliphatic hydroxyl groups is 1. The predicted octanol–water partition coefficient (Wildman–Crippen LogP) is 1.30. The summed E-state index contributed by atoms with van der Waals surface area (Å²) < 4.78 is 5.60. The summed E-state index contributed by atoms with van der Waals surface area (Å²) in [4.78, 5) is 11.3. The molecule has 1 aliphatic rings. The zero-order chi connectivity index (χ0) is 15.2. The van der Waals surface area contributed by atoms with Gasteiger partial charge in [0.15, 0.2) is 0 Å². The number of rotatable bonds is 6. The van der Waals surface area contributed by atoms with Gasteiger partial charge in [-0.3, -0.25) is 0 Å². The van der Waals surface area contributed by atoms with Gasteiger partial charge in [-0.25, -0.2) is 9.97 Å². The fraction of sp³-hybridized carbons (Fsp3) is 0.733. The standard InChI is InChI=1S/C15H26N4O2/c1-3-4-13-17-14(16)11(2)15(18-13)19-7-5-12(6-8-19)21-10-9-20/h12,20H,3-10H2,1-2H3,(H2,16,17,18). The van der Waals surface area contributed by atoms with E-state index in [4.69, 9.17) is 15.6 Å². The molecule has 0 aromatic carbocycles. The van der Waals surface area contributed by atoms with Crippen LogP contribution in [-0.4, -0.2) is 47.5 Å². The molecule has 1 aromatic rings. The summed E-state index contributed by atoms with van der Waals surface area (Å²) in [6, 6.07) is 0. The first kappa shape index (κ1) is 16.0. The van der Waals surface area contributed by atoms with Crippen molar-refractivity contribution in [2.75, 3.05) is 36.9 Å². The number of piperidine rings is 1. The number of hydrogen-bond donors (Lipinski definition) is 2. The Morgan fingerprint density at radius 1 is 1.33 bits per heavy atom. The molecule has 2 heterocycles. The third-order valence-corrected chi connectivity index (χ3v) is 3.86. The molecular formula is C15H26N4O2. The summed E-state index contributed by atoms with van der Waals surface area (Å²) in [7, 11) is 0. The lowest BCUT2D eigenvalue weighted by Gasteiger charge is -2.33. The van der Waals surface area contributed by atoms with Crippen LogP contribution >= 0.6 is 0 Å². The normalized spacial score (nSPS) is 16.4. The van der Waals surface area contributed by atoms with Crippen LogP contribution in [-0.2, 0) is 11.2 Å². The lowest BCUT2D eigenvalue weighted by atomic mass is 10.1. The molecular weight excluding hydrogens is 268 g/mol. The Bertz CT molecular complexity index is 459. The van der Waals surface area contributed by atoms with Crippen molar-refractivity contribution < 1.29 is 9.84 Å². The quantitative estimate of drug-likeness (QED) is 0.822.